The summed E-state index contributed by atoms with van der Waals surface area (Å²) >= 11 is 0. The van der Waals surface area contributed by atoms with Crippen LogP contribution >= 0.6 is 8.03 Å². The first-order valence-corrected chi connectivity index (χ1v) is 3.81. The lowest BCUT2D eigenvalue weighted by Gasteiger charge is -1.79. The summed E-state index contributed by atoms with van der Waals surface area (Å²) in [7, 11) is -2.33. The number of carboxylic acids is 1. The molecule has 0 aromatic heterocycles. The monoisotopic (exact) mass is 176 g/mol. The Bertz CT molecular complexity index is 173. The number of rotatable bonds is 2. The van der Waals surface area contributed by atoms with Gasteiger partial charge in [-0.3, -0.25) is 0 Å². The molecule has 11 heavy (non-hydrogen) atoms. The minimum Gasteiger partial charge on any atom is -0.591 e. The van der Waals surface area contributed by atoms with Gasteiger partial charge in [-0.15, -0.1) is 0 Å². The Hall–Kier alpha value is -0.990. The van der Waals surface area contributed by atoms with Crippen LogP contribution in [-0.2, 0) is 9.36 Å². The molecular formula is C6H9O4P. The maximum atomic E-state index is 9.60. The molecule has 0 heterocycles. The second-order valence-corrected chi connectivity index (χ2v) is 2.49. The Morgan fingerprint density at radius 1 is 1.73 bits per heavy atom. The third kappa shape index (κ3) is 17.6. The highest BCUT2D eigenvalue weighted by molar-refractivity contribution is 7.40. The number of carboxylic acid groups (broad SMARTS) is 1. The van der Waals surface area contributed by atoms with Crippen LogP contribution in [0.4, 0.5) is 0 Å². The maximum Gasteiger partial charge on any atom is 0.340 e. The summed E-state index contributed by atoms with van der Waals surface area (Å²) in [5.41, 5.74) is 0.176. The molecule has 0 rings (SSSR count). The molecule has 0 aromatic rings. The van der Waals surface area contributed by atoms with Crippen molar-refractivity contribution in [3.05, 3.63) is 24.5 Å². The lowest BCUT2D eigenvalue weighted by molar-refractivity contribution is -0.161. The normalized spacial score (nSPS) is 8.73. The van der Waals surface area contributed by atoms with E-state index in [4.69, 9.17) is 5.11 Å². The zero-order valence-electron chi connectivity index (χ0n) is 6.11. The van der Waals surface area contributed by atoms with E-state index in [1.807, 2.05) is 0 Å². The van der Waals surface area contributed by atoms with Gasteiger partial charge in [0.1, 0.15) is 5.82 Å². The lowest BCUT2D eigenvalue weighted by Crippen LogP contribution is -1.92. The zero-order chi connectivity index (χ0) is 9.44. The van der Waals surface area contributed by atoms with Crippen LogP contribution in [-0.4, -0.2) is 11.1 Å². The van der Waals surface area contributed by atoms with Crippen LogP contribution in [0.25, 0.3) is 0 Å². The SMILES string of the molecule is C=C(C)C(=O)O.C=C[P+](=O)[O-]. The van der Waals surface area contributed by atoms with Gasteiger partial charge in [0, 0.05) is 5.57 Å². The summed E-state index contributed by atoms with van der Waals surface area (Å²) < 4.78 is 9.29. The van der Waals surface area contributed by atoms with Gasteiger partial charge in [-0.2, -0.15) is 0 Å². The minimum atomic E-state index is -2.33. The molecule has 4 nitrogen and oxygen atoms in total. The molecule has 0 saturated carbocycles. The van der Waals surface area contributed by atoms with Crippen molar-refractivity contribution >= 4 is 14.0 Å². The fraction of sp³-hybridized carbons (Fsp3) is 0.167. The Morgan fingerprint density at radius 3 is 1.91 bits per heavy atom. The van der Waals surface area contributed by atoms with Crippen molar-refractivity contribution in [1.82, 2.24) is 0 Å². The molecule has 0 aromatic carbocycles. The summed E-state index contributed by atoms with van der Waals surface area (Å²) in [6.45, 7) is 7.57. The molecule has 0 radical (unpaired) electrons. The molecule has 0 amide bonds. The summed E-state index contributed by atoms with van der Waals surface area (Å²) in [4.78, 5) is 18.9. The van der Waals surface area contributed by atoms with E-state index >= 15 is 0 Å². The van der Waals surface area contributed by atoms with E-state index in [1.165, 1.54) is 6.92 Å². The van der Waals surface area contributed by atoms with Crippen molar-refractivity contribution < 1.29 is 19.4 Å². The van der Waals surface area contributed by atoms with Crippen molar-refractivity contribution in [1.29, 1.82) is 0 Å². The summed E-state index contributed by atoms with van der Waals surface area (Å²) in [5.74, 6) is -0.0648. The molecule has 0 aliphatic rings. The van der Waals surface area contributed by atoms with Gasteiger partial charge in [0.25, 0.3) is 0 Å². The molecule has 0 aliphatic heterocycles. The molecular weight excluding hydrogens is 167 g/mol. The second-order valence-electron chi connectivity index (χ2n) is 1.55. The van der Waals surface area contributed by atoms with Gasteiger partial charge in [0.15, 0.2) is 0 Å². The van der Waals surface area contributed by atoms with Crippen LogP contribution in [0.15, 0.2) is 24.5 Å². The summed E-state index contributed by atoms with van der Waals surface area (Å²) in [5, 5.41) is 7.89. The van der Waals surface area contributed by atoms with Gasteiger partial charge < -0.3 is 10.00 Å². The highest BCUT2D eigenvalue weighted by Gasteiger charge is 1.90. The topological polar surface area (TPSA) is 77.4 Å². The predicted octanol–water partition coefficient (Wildman–Crippen LogP) is 0.880. The molecule has 0 fully saturated rings. The summed E-state index contributed by atoms with van der Waals surface area (Å²) in [6.07, 6.45) is 0. The third-order valence-electron chi connectivity index (χ3n) is 0.514. The van der Waals surface area contributed by atoms with Crippen LogP contribution in [0, 0.1) is 0 Å². The summed E-state index contributed by atoms with van der Waals surface area (Å²) in [6, 6.07) is 0. The Labute approximate surface area is 65.7 Å². The first-order valence-electron chi connectivity index (χ1n) is 2.56. The fourth-order valence-electron chi connectivity index (χ4n) is 0. The predicted molar refractivity (Wildman–Crippen MR) is 40.3 cm³/mol. The van der Waals surface area contributed by atoms with E-state index < -0.39 is 14.0 Å². The number of hydrogen-bond acceptors (Lipinski definition) is 3. The smallest absolute Gasteiger partial charge is 0.340 e. The van der Waals surface area contributed by atoms with Crippen LogP contribution < -0.4 is 4.89 Å². The van der Waals surface area contributed by atoms with Crippen molar-refractivity contribution in [3.8, 4) is 0 Å². The standard InChI is InChI=1S/C4H6O2.C2H3O2P/c1-3(2)4(5)6;1-2-5(3)4/h1H2,2H3,(H,5,6);2H,1H2. The zero-order valence-corrected chi connectivity index (χ0v) is 7.01. The fourth-order valence-corrected chi connectivity index (χ4v) is 0. The maximum absolute atomic E-state index is 9.60. The van der Waals surface area contributed by atoms with Crippen LogP contribution in [0.3, 0.4) is 0 Å². The minimum absolute atomic E-state index is 0.176. The second kappa shape index (κ2) is 7.12. The number of aliphatic carboxylic acids is 1. The van der Waals surface area contributed by atoms with Gasteiger partial charge in [-0.25, -0.2) is 4.79 Å². The van der Waals surface area contributed by atoms with Crippen molar-refractivity contribution in [3.63, 3.8) is 0 Å². The van der Waals surface area contributed by atoms with E-state index in [9.17, 15) is 14.3 Å². The molecule has 0 saturated heterocycles. The molecule has 0 bridgehead atoms. The average molecular weight is 176 g/mol. The lowest BCUT2D eigenvalue weighted by atomic mass is 10.4. The van der Waals surface area contributed by atoms with Gasteiger partial charge in [-0.1, -0.05) is 17.7 Å². The first kappa shape index (κ1) is 12.7. The van der Waals surface area contributed by atoms with Crippen molar-refractivity contribution in [2.75, 3.05) is 0 Å². The van der Waals surface area contributed by atoms with Crippen LogP contribution in [0.5, 0.6) is 0 Å². The van der Waals surface area contributed by atoms with Gasteiger partial charge in [0.05, 0.1) is 0 Å². The molecule has 5 heteroatoms. The number of carbonyl (C=O) groups is 1. The highest BCUT2D eigenvalue weighted by Crippen LogP contribution is 2.03. The van der Waals surface area contributed by atoms with Gasteiger partial charge >= 0.3 is 14.0 Å². The third-order valence-corrected chi connectivity index (χ3v) is 0.812. The Kier molecular flexibility index (Phi) is 8.20. The van der Waals surface area contributed by atoms with Crippen LogP contribution in [0.2, 0.25) is 0 Å². The molecule has 0 aliphatic carbocycles. The van der Waals surface area contributed by atoms with E-state index in [1.54, 1.807) is 0 Å². The van der Waals surface area contributed by atoms with Gasteiger partial charge in [-0.05, 0) is 6.92 Å². The molecule has 1 N–H and O–H groups in total. The quantitative estimate of drug-likeness (QED) is 0.500. The molecule has 1 atom stereocenters. The Balaban J connectivity index is 0. The van der Waals surface area contributed by atoms with E-state index in [-0.39, 0.29) is 5.57 Å². The average Bonchev–Trinajstić information content (AvgIpc) is 1.89. The molecule has 62 valence electrons. The van der Waals surface area contributed by atoms with Crippen LogP contribution in [0.1, 0.15) is 6.92 Å². The molecule has 0 spiro atoms. The van der Waals surface area contributed by atoms with Gasteiger partial charge in [0.2, 0.25) is 0 Å². The highest BCUT2D eigenvalue weighted by atomic mass is 31.1. The Morgan fingerprint density at radius 2 is 1.91 bits per heavy atom. The van der Waals surface area contributed by atoms with E-state index in [0.29, 0.717) is 0 Å². The van der Waals surface area contributed by atoms with Crippen molar-refractivity contribution in [2.24, 2.45) is 0 Å². The molecule has 1 unspecified atom stereocenters. The van der Waals surface area contributed by atoms with E-state index in [2.05, 4.69) is 13.2 Å². The van der Waals surface area contributed by atoms with E-state index in [0.717, 1.165) is 5.82 Å². The first-order chi connectivity index (χ1) is 4.91. The number of hydrogen-bond donors (Lipinski definition) is 1. The van der Waals surface area contributed by atoms with Crippen molar-refractivity contribution in [2.45, 2.75) is 6.92 Å². The largest absolute Gasteiger partial charge is 0.591 e.